The van der Waals surface area contributed by atoms with Crippen molar-refractivity contribution in [2.75, 3.05) is 0 Å². The second kappa shape index (κ2) is 6.67. The Morgan fingerprint density at radius 1 is 0.800 bits per heavy atom. The first-order valence-electron chi connectivity index (χ1n) is 8.46. The monoisotopic (exact) mass is 322 g/mol. The number of aromatic nitrogens is 1. The Kier molecular flexibility index (Phi) is 4.06. The number of nitriles is 1. The van der Waals surface area contributed by atoms with Gasteiger partial charge < -0.3 is 4.57 Å². The Balaban J connectivity index is 1.94. The predicted molar refractivity (Wildman–Crippen MR) is 102 cm³/mol. The second-order valence-corrected chi connectivity index (χ2v) is 6.13. The summed E-state index contributed by atoms with van der Waals surface area (Å²) in [5.41, 5.74) is 4.68. The summed E-state index contributed by atoms with van der Waals surface area (Å²) in [4.78, 5) is 0. The average molecular weight is 322 g/mol. The maximum atomic E-state index is 9.40. The molecule has 25 heavy (non-hydrogen) atoms. The first kappa shape index (κ1) is 15.2. The topological polar surface area (TPSA) is 28.7 Å². The molecule has 0 saturated carbocycles. The number of nitrogens with zero attached hydrogens (tertiary/aromatic N) is 2. The zero-order valence-electron chi connectivity index (χ0n) is 13.8. The molecule has 4 aromatic rings. The van der Waals surface area contributed by atoms with Gasteiger partial charge in [-0.2, -0.15) is 5.26 Å². The molecule has 1 atom stereocenters. The molecule has 1 unspecified atom stereocenters. The quantitative estimate of drug-likeness (QED) is 0.475. The van der Waals surface area contributed by atoms with E-state index >= 15 is 0 Å². The summed E-state index contributed by atoms with van der Waals surface area (Å²) in [5, 5.41) is 10.6. The summed E-state index contributed by atoms with van der Waals surface area (Å²) in [7, 11) is 0. The smallest absolute Gasteiger partial charge is 0.0631 e. The standard InChI is InChI=1S/C23H18N2/c24-16-15-20(18-9-3-1-4-10-18)22-17-25(19-11-5-2-6-12-19)23-14-8-7-13-21(22)23/h1-14,17,20H,15H2. The van der Waals surface area contributed by atoms with E-state index in [1.807, 2.05) is 36.4 Å². The van der Waals surface area contributed by atoms with Crippen LogP contribution in [0.3, 0.4) is 0 Å². The van der Waals surface area contributed by atoms with Crippen molar-refractivity contribution in [1.82, 2.24) is 4.57 Å². The highest BCUT2D eigenvalue weighted by molar-refractivity contribution is 5.86. The molecule has 0 aliphatic rings. The summed E-state index contributed by atoms with van der Waals surface area (Å²) in [5.74, 6) is 0.0704. The van der Waals surface area contributed by atoms with Crippen molar-refractivity contribution in [1.29, 1.82) is 5.26 Å². The van der Waals surface area contributed by atoms with Crippen LogP contribution < -0.4 is 0 Å². The fourth-order valence-electron chi connectivity index (χ4n) is 3.47. The van der Waals surface area contributed by atoms with Crippen LogP contribution in [0.15, 0.2) is 91.1 Å². The van der Waals surface area contributed by atoms with Gasteiger partial charge in [0.05, 0.1) is 11.6 Å². The molecule has 4 rings (SSSR count). The van der Waals surface area contributed by atoms with Gasteiger partial charge in [-0.1, -0.05) is 66.7 Å². The van der Waals surface area contributed by atoms with E-state index in [1.54, 1.807) is 0 Å². The zero-order chi connectivity index (χ0) is 17.1. The maximum Gasteiger partial charge on any atom is 0.0631 e. The number of rotatable bonds is 4. The Morgan fingerprint density at radius 3 is 2.16 bits per heavy atom. The summed E-state index contributed by atoms with van der Waals surface area (Å²) in [6.45, 7) is 0. The molecule has 1 heterocycles. The summed E-state index contributed by atoms with van der Waals surface area (Å²) < 4.78 is 2.22. The van der Waals surface area contributed by atoms with Gasteiger partial charge in [0.1, 0.15) is 0 Å². The molecule has 0 radical (unpaired) electrons. The third-order valence-corrected chi connectivity index (χ3v) is 4.65. The minimum atomic E-state index is 0.0704. The molecule has 120 valence electrons. The molecule has 2 nitrogen and oxygen atoms in total. The van der Waals surface area contributed by atoms with Gasteiger partial charge in [-0.25, -0.2) is 0 Å². The highest BCUT2D eigenvalue weighted by Crippen LogP contribution is 2.35. The van der Waals surface area contributed by atoms with E-state index in [0.717, 1.165) is 5.69 Å². The van der Waals surface area contributed by atoms with Gasteiger partial charge in [0.25, 0.3) is 0 Å². The maximum absolute atomic E-state index is 9.40. The fourth-order valence-corrected chi connectivity index (χ4v) is 3.47. The Hall–Kier alpha value is -3.31. The largest absolute Gasteiger partial charge is 0.316 e. The zero-order valence-corrected chi connectivity index (χ0v) is 13.8. The minimum Gasteiger partial charge on any atom is -0.316 e. The van der Waals surface area contributed by atoms with Gasteiger partial charge >= 0.3 is 0 Å². The van der Waals surface area contributed by atoms with E-state index in [4.69, 9.17) is 0 Å². The fraction of sp³-hybridized carbons (Fsp3) is 0.0870. The van der Waals surface area contributed by atoms with E-state index in [9.17, 15) is 5.26 Å². The molecular weight excluding hydrogens is 304 g/mol. The first-order chi connectivity index (χ1) is 12.4. The molecule has 0 aliphatic carbocycles. The number of hydrogen-bond acceptors (Lipinski definition) is 1. The van der Waals surface area contributed by atoms with Gasteiger partial charge in [-0.05, 0) is 29.3 Å². The van der Waals surface area contributed by atoms with Crippen LogP contribution in [0, 0.1) is 11.3 Å². The number of benzene rings is 3. The first-order valence-corrected chi connectivity index (χ1v) is 8.46. The Morgan fingerprint density at radius 2 is 1.44 bits per heavy atom. The molecule has 1 aromatic heterocycles. The molecule has 2 heteroatoms. The van der Waals surface area contributed by atoms with E-state index in [-0.39, 0.29) is 5.92 Å². The lowest BCUT2D eigenvalue weighted by Gasteiger charge is -2.13. The van der Waals surface area contributed by atoms with Crippen molar-refractivity contribution in [2.45, 2.75) is 12.3 Å². The molecule has 0 spiro atoms. The highest BCUT2D eigenvalue weighted by Gasteiger charge is 2.19. The molecule has 0 fully saturated rings. The minimum absolute atomic E-state index is 0.0704. The van der Waals surface area contributed by atoms with Crippen LogP contribution in [0.5, 0.6) is 0 Å². The van der Waals surface area contributed by atoms with Crippen LogP contribution >= 0.6 is 0 Å². The lowest BCUT2D eigenvalue weighted by Crippen LogP contribution is -1.99. The summed E-state index contributed by atoms with van der Waals surface area (Å²) in [6, 6.07) is 31.4. The molecule has 3 aromatic carbocycles. The van der Waals surface area contributed by atoms with Crippen molar-refractivity contribution in [3.05, 3.63) is 102 Å². The van der Waals surface area contributed by atoms with E-state index in [1.165, 1.54) is 22.0 Å². The van der Waals surface area contributed by atoms with Crippen LogP contribution in [0.1, 0.15) is 23.5 Å². The van der Waals surface area contributed by atoms with Crippen molar-refractivity contribution in [3.8, 4) is 11.8 Å². The van der Waals surface area contributed by atoms with E-state index < -0.39 is 0 Å². The van der Waals surface area contributed by atoms with Gasteiger partial charge in [-0.3, -0.25) is 0 Å². The van der Waals surface area contributed by atoms with Gasteiger partial charge in [0, 0.05) is 29.6 Å². The molecule has 0 amide bonds. The predicted octanol–water partition coefficient (Wildman–Crippen LogP) is 5.68. The van der Waals surface area contributed by atoms with E-state index in [2.05, 4.69) is 65.4 Å². The van der Waals surface area contributed by atoms with E-state index in [0.29, 0.717) is 6.42 Å². The van der Waals surface area contributed by atoms with Crippen molar-refractivity contribution >= 4 is 10.9 Å². The van der Waals surface area contributed by atoms with Gasteiger partial charge in [0.2, 0.25) is 0 Å². The SMILES string of the molecule is N#CCC(c1ccccc1)c1cn(-c2ccccc2)c2ccccc12. The van der Waals surface area contributed by atoms with Gasteiger partial charge in [-0.15, -0.1) is 0 Å². The molecular formula is C23H18N2. The number of hydrogen-bond donors (Lipinski definition) is 0. The van der Waals surface area contributed by atoms with Crippen molar-refractivity contribution < 1.29 is 0 Å². The molecule has 0 aliphatic heterocycles. The van der Waals surface area contributed by atoms with Crippen molar-refractivity contribution in [2.24, 2.45) is 0 Å². The van der Waals surface area contributed by atoms with Crippen LogP contribution in [-0.2, 0) is 0 Å². The molecule has 0 saturated heterocycles. The lowest BCUT2D eigenvalue weighted by atomic mass is 9.89. The van der Waals surface area contributed by atoms with Gasteiger partial charge in [0.15, 0.2) is 0 Å². The molecule has 0 bridgehead atoms. The second-order valence-electron chi connectivity index (χ2n) is 6.13. The lowest BCUT2D eigenvalue weighted by molar-refractivity contribution is 0.841. The third-order valence-electron chi connectivity index (χ3n) is 4.65. The Bertz CT molecular complexity index is 1020. The third kappa shape index (κ3) is 2.81. The Labute approximate surface area is 147 Å². The number of fused-ring (bicyclic) bond motifs is 1. The van der Waals surface area contributed by atoms with Crippen LogP contribution in [0.4, 0.5) is 0 Å². The van der Waals surface area contributed by atoms with Crippen LogP contribution in [-0.4, -0.2) is 4.57 Å². The normalized spacial score (nSPS) is 12.0. The average Bonchev–Trinajstić information content (AvgIpc) is 3.07. The molecule has 0 N–H and O–H groups in total. The summed E-state index contributed by atoms with van der Waals surface area (Å²) >= 11 is 0. The van der Waals surface area contributed by atoms with Crippen LogP contribution in [0.2, 0.25) is 0 Å². The van der Waals surface area contributed by atoms with Crippen molar-refractivity contribution in [3.63, 3.8) is 0 Å². The summed E-state index contributed by atoms with van der Waals surface area (Å²) in [6.07, 6.45) is 2.65. The number of para-hydroxylation sites is 2. The van der Waals surface area contributed by atoms with Crippen LogP contribution in [0.25, 0.3) is 16.6 Å². The highest BCUT2D eigenvalue weighted by atomic mass is 15.0.